The Kier molecular flexibility index (Phi) is 4.02. The molecule has 0 aliphatic rings. The van der Waals surface area contributed by atoms with E-state index in [1.165, 1.54) is 0 Å². The molecule has 0 aliphatic carbocycles. The lowest BCUT2D eigenvalue weighted by Gasteiger charge is -2.17. The van der Waals surface area contributed by atoms with Crippen molar-refractivity contribution in [2.24, 2.45) is 5.92 Å². The minimum Gasteiger partial charge on any atom is -0.481 e. The van der Waals surface area contributed by atoms with E-state index in [1.54, 1.807) is 19.9 Å². The predicted octanol–water partition coefficient (Wildman–Crippen LogP) is 2.62. The van der Waals surface area contributed by atoms with Gasteiger partial charge in [0.2, 0.25) is 0 Å². The van der Waals surface area contributed by atoms with Gasteiger partial charge in [-0.25, -0.2) is 0 Å². The summed E-state index contributed by atoms with van der Waals surface area (Å²) < 4.78 is 0. The highest BCUT2D eigenvalue weighted by molar-refractivity contribution is 5.99. The number of aryl methyl sites for hydroxylation is 2. The molecule has 2 unspecified atom stereocenters. The highest BCUT2D eigenvalue weighted by Gasteiger charge is 2.21. The van der Waals surface area contributed by atoms with Crippen molar-refractivity contribution in [1.29, 1.82) is 0 Å². The molecule has 1 heterocycles. The summed E-state index contributed by atoms with van der Waals surface area (Å²) in [7, 11) is 0. The number of carboxylic acid groups (broad SMARTS) is 1. The van der Waals surface area contributed by atoms with Crippen molar-refractivity contribution in [2.75, 3.05) is 0 Å². The van der Waals surface area contributed by atoms with Crippen molar-refractivity contribution < 1.29 is 14.7 Å². The van der Waals surface area contributed by atoms with Crippen molar-refractivity contribution in [2.45, 2.75) is 33.7 Å². The number of aromatic nitrogens is 1. The maximum atomic E-state index is 12.2. The van der Waals surface area contributed by atoms with Crippen molar-refractivity contribution in [3.63, 3.8) is 0 Å². The molecule has 0 spiro atoms. The lowest BCUT2D eigenvalue weighted by Crippen LogP contribution is -2.40. The molecular formula is C16H20N2O3. The van der Waals surface area contributed by atoms with E-state index in [1.807, 2.05) is 26.0 Å². The van der Waals surface area contributed by atoms with Gasteiger partial charge in [-0.3, -0.25) is 9.59 Å². The average Bonchev–Trinajstić information content (AvgIpc) is 2.72. The first kappa shape index (κ1) is 15.1. The number of hydrogen-bond acceptors (Lipinski definition) is 2. The van der Waals surface area contributed by atoms with Gasteiger partial charge in [-0.15, -0.1) is 0 Å². The molecule has 3 N–H and O–H groups in total. The van der Waals surface area contributed by atoms with Crippen molar-refractivity contribution in [3.8, 4) is 0 Å². The molecule has 5 heteroatoms. The minimum absolute atomic E-state index is 0.254. The lowest BCUT2D eigenvalue weighted by molar-refractivity contribution is -0.141. The molecule has 112 valence electrons. The molecule has 2 atom stereocenters. The highest BCUT2D eigenvalue weighted by Crippen LogP contribution is 2.22. The Balaban J connectivity index is 2.23. The first-order valence-electron chi connectivity index (χ1n) is 6.94. The molecule has 0 radical (unpaired) electrons. The molecule has 0 saturated carbocycles. The Morgan fingerprint density at radius 3 is 2.52 bits per heavy atom. The fraction of sp³-hybridized carbons (Fsp3) is 0.375. The molecule has 0 saturated heterocycles. The Hall–Kier alpha value is -2.30. The summed E-state index contributed by atoms with van der Waals surface area (Å²) in [6.07, 6.45) is 0. The Bertz CT molecular complexity index is 703. The molecule has 5 nitrogen and oxygen atoms in total. The highest BCUT2D eigenvalue weighted by atomic mass is 16.4. The second-order valence-corrected chi connectivity index (χ2v) is 5.52. The smallest absolute Gasteiger partial charge is 0.308 e. The van der Waals surface area contributed by atoms with Crippen LogP contribution in [0.3, 0.4) is 0 Å². The van der Waals surface area contributed by atoms with E-state index in [9.17, 15) is 9.59 Å². The largest absolute Gasteiger partial charge is 0.481 e. The molecule has 1 aromatic heterocycles. The fourth-order valence-electron chi connectivity index (χ4n) is 2.23. The van der Waals surface area contributed by atoms with Crippen LogP contribution in [0.25, 0.3) is 10.9 Å². The van der Waals surface area contributed by atoms with Crippen LogP contribution in [0.4, 0.5) is 0 Å². The van der Waals surface area contributed by atoms with E-state index in [0.29, 0.717) is 5.56 Å². The number of carbonyl (C=O) groups excluding carboxylic acids is 1. The molecule has 0 bridgehead atoms. The van der Waals surface area contributed by atoms with Crippen LogP contribution in [0.2, 0.25) is 0 Å². The third-order valence-corrected chi connectivity index (χ3v) is 4.07. The van der Waals surface area contributed by atoms with Crippen molar-refractivity contribution >= 4 is 22.8 Å². The van der Waals surface area contributed by atoms with Crippen LogP contribution >= 0.6 is 0 Å². The normalized spacial score (nSPS) is 13.9. The Labute approximate surface area is 123 Å². The van der Waals surface area contributed by atoms with Gasteiger partial charge in [0.25, 0.3) is 5.91 Å². The second kappa shape index (κ2) is 5.60. The number of benzene rings is 1. The number of H-pyrrole nitrogens is 1. The summed E-state index contributed by atoms with van der Waals surface area (Å²) >= 11 is 0. The molecule has 2 aromatic rings. The number of carbonyl (C=O) groups is 2. The zero-order chi connectivity index (χ0) is 15.7. The summed E-state index contributed by atoms with van der Waals surface area (Å²) in [5.41, 5.74) is 3.73. The maximum Gasteiger partial charge on any atom is 0.308 e. The van der Waals surface area contributed by atoms with Crippen LogP contribution < -0.4 is 5.32 Å². The van der Waals surface area contributed by atoms with Gasteiger partial charge in [-0.05, 0) is 51.5 Å². The SMILES string of the molecule is Cc1[nH]c2ccc(C(=O)NC(C)C(C)C(=O)O)cc2c1C. The van der Waals surface area contributed by atoms with Gasteiger partial charge in [-0.2, -0.15) is 0 Å². The number of nitrogens with one attached hydrogen (secondary N) is 2. The summed E-state index contributed by atoms with van der Waals surface area (Å²) in [4.78, 5) is 26.4. The zero-order valence-corrected chi connectivity index (χ0v) is 12.7. The Morgan fingerprint density at radius 2 is 1.90 bits per heavy atom. The molecular weight excluding hydrogens is 268 g/mol. The number of hydrogen-bond donors (Lipinski definition) is 3. The first-order valence-corrected chi connectivity index (χ1v) is 6.94. The number of amides is 1. The van der Waals surface area contributed by atoms with Gasteiger partial charge in [0.15, 0.2) is 0 Å². The van der Waals surface area contributed by atoms with E-state index < -0.39 is 17.9 Å². The molecule has 0 fully saturated rings. The van der Waals surface area contributed by atoms with E-state index in [2.05, 4.69) is 10.3 Å². The summed E-state index contributed by atoms with van der Waals surface area (Å²) in [6, 6.07) is 5.02. The first-order chi connectivity index (χ1) is 9.81. The number of aliphatic carboxylic acids is 1. The average molecular weight is 288 g/mol. The van der Waals surface area contributed by atoms with Crippen molar-refractivity contribution in [1.82, 2.24) is 10.3 Å². The van der Waals surface area contributed by atoms with Crippen LogP contribution in [0.5, 0.6) is 0 Å². The summed E-state index contributed by atoms with van der Waals surface area (Å²) in [5.74, 6) is -1.81. The minimum atomic E-state index is -0.921. The van der Waals surface area contributed by atoms with Gasteiger partial charge in [0, 0.05) is 28.2 Å². The third kappa shape index (κ3) is 2.91. The topological polar surface area (TPSA) is 82.2 Å². The van der Waals surface area contributed by atoms with Gasteiger partial charge in [-0.1, -0.05) is 0 Å². The molecule has 1 aromatic carbocycles. The Morgan fingerprint density at radius 1 is 1.24 bits per heavy atom. The van der Waals surface area contributed by atoms with Gasteiger partial charge in [0.1, 0.15) is 0 Å². The standard InChI is InChI=1S/C16H20N2O3/c1-8-10(3)17-14-6-5-12(7-13(8)14)15(19)18-11(4)9(2)16(20)21/h5-7,9,11,17H,1-4H3,(H,18,19)(H,20,21). The van der Waals surface area contributed by atoms with Gasteiger partial charge >= 0.3 is 5.97 Å². The molecule has 1 amide bonds. The van der Waals surface area contributed by atoms with Crippen molar-refractivity contribution in [3.05, 3.63) is 35.0 Å². The lowest BCUT2D eigenvalue weighted by atomic mass is 10.0. The number of rotatable bonds is 4. The molecule has 2 rings (SSSR count). The van der Waals surface area contributed by atoms with E-state index >= 15 is 0 Å². The van der Waals surface area contributed by atoms with E-state index in [0.717, 1.165) is 22.2 Å². The predicted molar refractivity (Wildman–Crippen MR) is 81.5 cm³/mol. The third-order valence-electron chi connectivity index (χ3n) is 4.07. The quantitative estimate of drug-likeness (QED) is 0.808. The summed E-state index contributed by atoms with van der Waals surface area (Å²) in [6.45, 7) is 7.27. The van der Waals surface area contributed by atoms with E-state index in [-0.39, 0.29) is 5.91 Å². The zero-order valence-electron chi connectivity index (χ0n) is 12.7. The number of aromatic amines is 1. The number of carboxylic acids is 1. The monoisotopic (exact) mass is 288 g/mol. The maximum absolute atomic E-state index is 12.2. The van der Waals surface area contributed by atoms with Crippen LogP contribution in [0.15, 0.2) is 18.2 Å². The number of fused-ring (bicyclic) bond motifs is 1. The van der Waals surface area contributed by atoms with Crippen LogP contribution in [-0.4, -0.2) is 28.0 Å². The van der Waals surface area contributed by atoms with Gasteiger partial charge < -0.3 is 15.4 Å². The van der Waals surface area contributed by atoms with E-state index in [4.69, 9.17) is 5.11 Å². The molecule has 21 heavy (non-hydrogen) atoms. The van der Waals surface area contributed by atoms with Crippen LogP contribution in [0, 0.1) is 19.8 Å². The summed E-state index contributed by atoms with van der Waals surface area (Å²) in [5, 5.41) is 12.7. The van der Waals surface area contributed by atoms with Crippen LogP contribution in [0.1, 0.15) is 35.5 Å². The second-order valence-electron chi connectivity index (χ2n) is 5.52. The van der Waals surface area contributed by atoms with Gasteiger partial charge in [0.05, 0.1) is 5.92 Å². The molecule has 0 aliphatic heterocycles. The fourth-order valence-corrected chi connectivity index (χ4v) is 2.23. The van der Waals surface area contributed by atoms with Crippen LogP contribution in [-0.2, 0) is 4.79 Å².